The molecule has 0 aliphatic heterocycles. The molecule has 0 saturated heterocycles. The molecule has 7 nitrogen and oxygen atoms in total. The number of rotatable bonds is 4. The van der Waals surface area contributed by atoms with Crippen LogP contribution >= 0.6 is 0 Å². The van der Waals surface area contributed by atoms with Crippen LogP contribution in [0.4, 0.5) is 5.69 Å². The number of aromatic nitrogens is 4. The zero-order chi connectivity index (χ0) is 20.5. The number of hydrogen-bond acceptors (Lipinski definition) is 4. The molecule has 7 heteroatoms. The molecule has 1 amide bonds. The summed E-state index contributed by atoms with van der Waals surface area (Å²) in [7, 11) is 0. The van der Waals surface area contributed by atoms with Crippen LogP contribution < -0.4 is 10.9 Å². The molecule has 2 aromatic heterocycles. The van der Waals surface area contributed by atoms with Crippen molar-refractivity contribution >= 4 is 17.4 Å². The Hall–Kier alpha value is -3.74. The number of anilines is 1. The lowest BCUT2D eigenvalue weighted by molar-refractivity contribution is -0.116. The summed E-state index contributed by atoms with van der Waals surface area (Å²) in [5.41, 5.74) is 4.05. The van der Waals surface area contributed by atoms with Crippen molar-refractivity contribution in [3.05, 3.63) is 81.8 Å². The van der Waals surface area contributed by atoms with Crippen molar-refractivity contribution in [1.82, 2.24) is 19.2 Å². The van der Waals surface area contributed by atoms with Gasteiger partial charge in [0.2, 0.25) is 11.7 Å². The van der Waals surface area contributed by atoms with E-state index in [1.807, 2.05) is 62.4 Å². The number of benzene rings is 2. The van der Waals surface area contributed by atoms with Gasteiger partial charge in [-0.15, -0.1) is 5.10 Å². The number of hydrogen-bond donors (Lipinski definition) is 1. The third-order valence-corrected chi connectivity index (χ3v) is 4.68. The summed E-state index contributed by atoms with van der Waals surface area (Å²) in [5.74, 6) is 0.583. The Morgan fingerprint density at radius 3 is 2.45 bits per heavy atom. The van der Waals surface area contributed by atoms with E-state index in [-0.39, 0.29) is 18.0 Å². The van der Waals surface area contributed by atoms with Gasteiger partial charge >= 0.3 is 0 Å². The van der Waals surface area contributed by atoms with E-state index in [1.54, 1.807) is 11.5 Å². The van der Waals surface area contributed by atoms with Crippen molar-refractivity contribution in [3.8, 4) is 11.4 Å². The van der Waals surface area contributed by atoms with E-state index in [4.69, 9.17) is 0 Å². The Labute approximate surface area is 167 Å². The van der Waals surface area contributed by atoms with Crippen LogP contribution in [0.25, 0.3) is 17.2 Å². The molecule has 0 bridgehead atoms. The van der Waals surface area contributed by atoms with Crippen LogP contribution in [-0.2, 0) is 11.3 Å². The van der Waals surface area contributed by atoms with Gasteiger partial charge in [-0.2, -0.15) is 9.50 Å². The van der Waals surface area contributed by atoms with E-state index < -0.39 is 0 Å². The molecule has 1 N–H and O–H groups in total. The van der Waals surface area contributed by atoms with E-state index in [9.17, 15) is 9.59 Å². The van der Waals surface area contributed by atoms with Gasteiger partial charge in [-0.05, 0) is 44.5 Å². The van der Waals surface area contributed by atoms with Gasteiger partial charge in [-0.1, -0.05) is 35.9 Å². The first-order valence-corrected chi connectivity index (χ1v) is 9.31. The van der Waals surface area contributed by atoms with Gasteiger partial charge in [-0.3, -0.25) is 9.59 Å². The van der Waals surface area contributed by atoms with Gasteiger partial charge in [0.1, 0.15) is 6.54 Å². The molecular weight excluding hydrogens is 366 g/mol. The minimum absolute atomic E-state index is 0.0233. The molecule has 4 rings (SSSR count). The van der Waals surface area contributed by atoms with Crippen molar-refractivity contribution < 1.29 is 4.79 Å². The lowest BCUT2D eigenvalue weighted by Crippen LogP contribution is -2.25. The fourth-order valence-corrected chi connectivity index (χ4v) is 3.27. The zero-order valence-electron chi connectivity index (χ0n) is 16.5. The summed E-state index contributed by atoms with van der Waals surface area (Å²) >= 11 is 0. The normalized spacial score (nSPS) is 11.0. The van der Waals surface area contributed by atoms with Crippen molar-refractivity contribution in [1.29, 1.82) is 0 Å². The second-order valence-electron chi connectivity index (χ2n) is 7.14. The average Bonchev–Trinajstić information content (AvgIpc) is 3.11. The molecule has 0 aliphatic rings. The molecule has 2 aromatic carbocycles. The smallest absolute Gasteiger partial charge is 0.275 e. The van der Waals surface area contributed by atoms with Gasteiger partial charge < -0.3 is 9.88 Å². The van der Waals surface area contributed by atoms with E-state index in [2.05, 4.69) is 15.4 Å². The standard InChI is InChI=1S/C22H21N5O2/c1-14-6-4-8-17(10-14)21-24-22-26(16(3)12-20(29)27(22)25-21)13-19(28)23-18-9-5-7-15(2)11-18/h4-12H,13H2,1-3H3,(H,23,28). The topological polar surface area (TPSA) is 81.3 Å². The average molecular weight is 387 g/mol. The van der Waals surface area contributed by atoms with Crippen LogP contribution in [0.15, 0.2) is 59.4 Å². The van der Waals surface area contributed by atoms with Crippen LogP contribution in [0, 0.1) is 20.8 Å². The molecule has 0 fully saturated rings. The Balaban J connectivity index is 1.72. The molecule has 146 valence electrons. The molecule has 0 atom stereocenters. The number of carbonyl (C=O) groups is 1. The van der Waals surface area contributed by atoms with Gasteiger partial charge in [0.05, 0.1) is 0 Å². The number of nitrogens with zero attached hydrogens (tertiary/aromatic N) is 4. The van der Waals surface area contributed by atoms with Crippen molar-refractivity contribution in [2.45, 2.75) is 27.3 Å². The maximum absolute atomic E-state index is 12.6. The molecule has 0 unspecified atom stereocenters. The van der Waals surface area contributed by atoms with Crippen LogP contribution in [-0.4, -0.2) is 25.1 Å². The SMILES string of the molecule is Cc1cccc(NC(=O)Cn2c(C)cc(=O)n3nc(-c4cccc(C)c4)nc23)c1. The van der Waals surface area contributed by atoms with Gasteiger partial charge in [0, 0.05) is 23.0 Å². The molecule has 4 aromatic rings. The number of aryl methyl sites for hydroxylation is 3. The lowest BCUT2D eigenvalue weighted by Gasteiger charge is -2.12. The third kappa shape index (κ3) is 3.80. The Morgan fingerprint density at radius 2 is 1.72 bits per heavy atom. The maximum Gasteiger partial charge on any atom is 0.275 e. The van der Waals surface area contributed by atoms with Crippen molar-refractivity contribution in [2.75, 3.05) is 5.32 Å². The lowest BCUT2D eigenvalue weighted by atomic mass is 10.1. The second-order valence-corrected chi connectivity index (χ2v) is 7.14. The molecule has 29 heavy (non-hydrogen) atoms. The van der Waals surface area contributed by atoms with Crippen LogP contribution in [0.3, 0.4) is 0 Å². The number of carbonyl (C=O) groups excluding carboxylic acids is 1. The molecular formula is C22H21N5O2. The van der Waals surface area contributed by atoms with Crippen LogP contribution in [0.1, 0.15) is 16.8 Å². The Morgan fingerprint density at radius 1 is 1.00 bits per heavy atom. The zero-order valence-corrected chi connectivity index (χ0v) is 16.5. The highest BCUT2D eigenvalue weighted by molar-refractivity contribution is 5.90. The largest absolute Gasteiger partial charge is 0.325 e. The van der Waals surface area contributed by atoms with E-state index in [0.717, 1.165) is 22.4 Å². The first kappa shape index (κ1) is 18.6. The predicted molar refractivity (Wildman–Crippen MR) is 112 cm³/mol. The van der Waals surface area contributed by atoms with E-state index in [0.29, 0.717) is 17.3 Å². The van der Waals surface area contributed by atoms with E-state index >= 15 is 0 Å². The van der Waals surface area contributed by atoms with Crippen molar-refractivity contribution in [2.24, 2.45) is 0 Å². The molecule has 2 heterocycles. The highest BCUT2D eigenvalue weighted by Crippen LogP contribution is 2.18. The minimum Gasteiger partial charge on any atom is -0.325 e. The first-order chi connectivity index (χ1) is 13.9. The highest BCUT2D eigenvalue weighted by Gasteiger charge is 2.15. The van der Waals surface area contributed by atoms with Crippen LogP contribution in [0.5, 0.6) is 0 Å². The Bertz CT molecular complexity index is 1290. The fraction of sp³-hybridized carbons (Fsp3) is 0.182. The Kier molecular flexibility index (Phi) is 4.72. The summed E-state index contributed by atoms with van der Waals surface area (Å²) in [4.78, 5) is 29.6. The molecule has 0 radical (unpaired) electrons. The predicted octanol–water partition coefficient (Wildman–Crippen LogP) is 3.12. The molecule has 0 aliphatic carbocycles. The summed E-state index contributed by atoms with van der Waals surface area (Å²) in [6.07, 6.45) is 0. The third-order valence-electron chi connectivity index (χ3n) is 4.68. The van der Waals surface area contributed by atoms with Gasteiger partial charge in [-0.25, -0.2) is 0 Å². The number of amides is 1. The minimum atomic E-state index is -0.278. The highest BCUT2D eigenvalue weighted by atomic mass is 16.2. The van der Waals surface area contributed by atoms with E-state index in [1.165, 1.54) is 10.6 Å². The molecule has 0 spiro atoms. The summed E-state index contributed by atoms with van der Waals surface area (Å²) in [6.45, 7) is 5.75. The molecule has 0 saturated carbocycles. The number of fused-ring (bicyclic) bond motifs is 1. The maximum atomic E-state index is 12.6. The van der Waals surface area contributed by atoms with Crippen LogP contribution in [0.2, 0.25) is 0 Å². The van der Waals surface area contributed by atoms with Crippen molar-refractivity contribution in [3.63, 3.8) is 0 Å². The second kappa shape index (κ2) is 7.35. The summed E-state index contributed by atoms with van der Waals surface area (Å²) in [5, 5.41) is 7.26. The van der Waals surface area contributed by atoms with Gasteiger partial charge in [0.25, 0.3) is 5.56 Å². The number of nitrogens with one attached hydrogen (secondary N) is 1. The quantitative estimate of drug-likeness (QED) is 0.583. The monoisotopic (exact) mass is 387 g/mol. The summed E-state index contributed by atoms with van der Waals surface area (Å²) in [6, 6.07) is 16.8. The summed E-state index contributed by atoms with van der Waals surface area (Å²) < 4.78 is 2.93. The van der Waals surface area contributed by atoms with Gasteiger partial charge in [0.15, 0.2) is 5.82 Å². The first-order valence-electron chi connectivity index (χ1n) is 9.31. The fourth-order valence-electron chi connectivity index (χ4n) is 3.27.